The van der Waals surface area contributed by atoms with Crippen molar-refractivity contribution in [3.8, 4) is 5.75 Å². The molecule has 3 aliphatic rings. The minimum atomic E-state index is -0.150. The number of nitrogens with one attached hydrogen (secondary N) is 1. The average Bonchev–Trinajstić information content (AvgIpc) is 3.20. The van der Waals surface area contributed by atoms with E-state index in [0.717, 1.165) is 57.5 Å². The number of benzene rings is 1. The molecule has 1 unspecified atom stereocenters. The van der Waals surface area contributed by atoms with E-state index in [0.29, 0.717) is 12.5 Å². The van der Waals surface area contributed by atoms with Crippen LogP contribution in [0.4, 0.5) is 0 Å². The minimum Gasteiger partial charge on any atom is -0.487 e. The lowest BCUT2D eigenvalue weighted by molar-refractivity contribution is -0.123. The number of ether oxygens (including phenoxy) is 1. The van der Waals surface area contributed by atoms with Crippen LogP contribution in [0.2, 0.25) is 0 Å². The fourth-order valence-electron chi connectivity index (χ4n) is 5.06. The van der Waals surface area contributed by atoms with Crippen LogP contribution in [-0.2, 0) is 11.3 Å². The molecule has 154 valence electrons. The molecule has 1 atom stereocenters. The Morgan fingerprint density at radius 1 is 1.17 bits per heavy atom. The second-order valence-corrected chi connectivity index (χ2v) is 9.03. The number of hydrogen-bond donors (Lipinski definition) is 1. The largest absolute Gasteiger partial charge is 0.487 e. The summed E-state index contributed by atoms with van der Waals surface area (Å²) in [5, 5.41) is 3.22. The number of piperidine rings is 1. The molecule has 5 nitrogen and oxygen atoms in total. The predicted octanol–water partition coefficient (Wildman–Crippen LogP) is 4.24. The van der Waals surface area contributed by atoms with E-state index in [-0.39, 0.29) is 17.4 Å². The van der Waals surface area contributed by atoms with Crippen molar-refractivity contribution in [3.63, 3.8) is 0 Å². The van der Waals surface area contributed by atoms with Crippen LogP contribution in [0.1, 0.15) is 62.0 Å². The van der Waals surface area contributed by atoms with Gasteiger partial charge in [-0.2, -0.15) is 0 Å². The number of fused-ring (bicyclic) bond motifs is 1. The van der Waals surface area contributed by atoms with Gasteiger partial charge in [0.25, 0.3) is 0 Å². The Hall–Kier alpha value is -2.27. The molecule has 5 rings (SSSR count). The fourth-order valence-corrected chi connectivity index (χ4v) is 5.06. The van der Waals surface area contributed by atoms with Gasteiger partial charge in [0, 0.05) is 43.6 Å². The molecule has 2 aliphatic heterocycles. The number of hydrogen-bond acceptors (Lipinski definition) is 4. The van der Waals surface area contributed by atoms with Crippen molar-refractivity contribution in [2.75, 3.05) is 13.1 Å². The Bertz CT molecular complexity index is 836. The molecule has 1 amide bonds. The summed E-state index contributed by atoms with van der Waals surface area (Å²) >= 11 is 0. The van der Waals surface area contributed by atoms with Gasteiger partial charge in [0.2, 0.25) is 5.91 Å². The van der Waals surface area contributed by atoms with Gasteiger partial charge in [-0.05, 0) is 56.2 Å². The van der Waals surface area contributed by atoms with Crippen molar-refractivity contribution in [3.05, 3.63) is 54.0 Å². The summed E-state index contributed by atoms with van der Waals surface area (Å²) in [6.07, 6.45) is 10.6. The number of carbonyl (C=O) groups excluding carboxylic acids is 1. The van der Waals surface area contributed by atoms with Crippen molar-refractivity contribution >= 4 is 5.91 Å². The number of rotatable bonds is 5. The Morgan fingerprint density at radius 3 is 2.72 bits per heavy atom. The molecule has 1 aliphatic carbocycles. The third-order valence-electron chi connectivity index (χ3n) is 6.96. The molecule has 1 aromatic heterocycles. The summed E-state index contributed by atoms with van der Waals surface area (Å²) in [5.41, 5.74) is 2.27. The molecule has 1 saturated carbocycles. The summed E-state index contributed by atoms with van der Waals surface area (Å²) in [4.78, 5) is 15.1. The molecule has 1 saturated heterocycles. The summed E-state index contributed by atoms with van der Waals surface area (Å²) in [6, 6.07) is 10.7. The molecule has 0 radical (unpaired) electrons. The summed E-state index contributed by atoms with van der Waals surface area (Å²) in [6.45, 7) is 2.94. The van der Waals surface area contributed by atoms with Crippen molar-refractivity contribution < 1.29 is 13.9 Å². The highest BCUT2D eigenvalue weighted by Crippen LogP contribution is 2.46. The molecule has 3 heterocycles. The topological polar surface area (TPSA) is 54.7 Å². The SMILES string of the molecule is O=C(CC1CC2(CCN(Cc3ccoc3)CC2)Oc2ccccc21)NC1CCC1. The van der Waals surface area contributed by atoms with Gasteiger partial charge in [0.05, 0.1) is 12.5 Å². The third kappa shape index (κ3) is 4.06. The summed E-state index contributed by atoms with van der Waals surface area (Å²) in [7, 11) is 0. The molecule has 2 aromatic rings. The Balaban J connectivity index is 1.27. The van der Waals surface area contributed by atoms with Crippen molar-refractivity contribution in [2.45, 2.75) is 69.1 Å². The summed E-state index contributed by atoms with van der Waals surface area (Å²) in [5.74, 6) is 1.41. The molecule has 2 fully saturated rings. The van der Waals surface area contributed by atoms with Gasteiger partial charge in [-0.1, -0.05) is 18.2 Å². The molecule has 29 heavy (non-hydrogen) atoms. The highest BCUT2D eigenvalue weighted by atomic mass is 16.5. The molecule has 0 bridgehead atoms. The number of nitrogens with zero attached hydrogens (tertiary/aromatic N) is 1. The van der Waals surface area contributed by atoms with Crippen LogP contribution in [0, 0.1) is 0 Å². The lowest BCUT2D eigenvalue weighted by Gasteiger charge is -2.47. The van der Waals surface area contributed by atoms with Gasteiger partial charge in [-0.25, -0.2) is 0 Å². The van der Waals surface area contributed by atoms with Crippen LogP contribution in [0.25, 0.3) is 0 Å². The van der Waals surface area contributed by atoms with E-state index in [2.05, 4.69) is 28.4 Å². The van der Waals surface area contributed by atoms with Crippen LogP contribution in [0.15, 0.2) is 47.3 Å². The number of furan rings is 1. The molecule has 5 heteroatoms. The van der Waals surface area contributed by atoms with Gasteiger partial charge < -0.3 is 14.5 Å². The van der Waals surface area contributed by atoms with Crippen molar-refractivity contribution in [2.24, 2.45) is 0 Å². The van der Waals surface area contributed by atoms with E-state index >= 15 is 0 Å². The highest BCUT2D eigenvalue weighted by Gasteiger charge is 2.43. The van der Waals surface area contributed by atoms with E-state index in [1.807, 2.05) is 18.4 Å². The van der Waals surface area contributed by atoms with E-state index < -0.39 is 0 Å². The molecule has 1 aromatic carbocycles. The lowest BCUT2D eigenvalue weighted by atomic mass is 9.76. The number of carbonyl (C=O) groups is 1. The van der Waals surface area contributed by atoms with Crippen molar-refractivity contribution in [1.82, 2.24) is 10.2 Å². The van der Waals surface area contributed by atoms with E-state index in [4.69, 9.17) is 9.15 Å². The van der Waals surface area contributed by atoms with Crippen LogP contribution in [0.3, 0.4) is 0 Å². The normalized spacial score (nSPS) is 23.8. The van der Waals surface area contributed by atoms with Crippen LogP contribution in [0.5, 0.6) is 5.75 Å². The smallest absolute Gasteiger partial charge is 0.220 e. The minimum absolute atomic E-state index is 0.150. The average molecular weight is 395 g/mol. The van der Waals surface area contributed by atoms with Gasteiger partial charge >= 0.3 is 0 Å². The number of amides is 1. The van der Waals surface area contributed by atoms with Crippen molar-refractivity contribution in [1.29, 1.82) is 0 Å². The zero-order valence-corrected chi connectivity index (χ0v) is 16.9. The Labute approximate surface area is 172 Å². The highest BCUT2D eigenvalue weighted by molar-refractivity contribution is 5.77. The quantitative estimate of drug-likeness (QED) is 0.824. The van der Waals surface area contributed by atoms with E-state index in [9.17, 15) is 4.79 Å². The fraction of sp³-hybridized carbons (Fsp3) is 0.542. The standard InChI is InChI=1S/C24H30N2O3/c27-23(25-20-4-3-5-20)14-19-15-24(29-22-7-2-1-6-21(19)22)9-11-26(12-10-24)16-18-8-13-28-17-18/h1-2,6-8,13,17,19-20H,3-5,9-12,14-16H2,(H,25,27). The first-order valence-electron chi connectivity index (χ1n) is 11.0. The van der Waals surface area contributed by atoms with E-state index in [1.165, 1.54) is 17.5 Å². The van der Waals surface area contributed by atoms with Gasteiger partial charge in [-0.3, -0.25) is 9.69 Å². The number of likely N-dealkylation sites (tertiary alicyclic amines) is 1. The first kappa shape index (κ1) is 18.7. The Kier molecular flexibility index (Phi) is 5.08. The van der Waals surface area contributed by atoms with Gasteiger partial charge in [0.1, 0.15) is 11.4 Å². The maximum absolute atomic E-state index is 12.7. The molecule has 1 N–H and O–H groups in total. The predicted molar refractivity (Wildman–Crippen MR) is 111 cm³/mol. The second-order valence-electron chi connectivity index (χ2n) is 9.03. The van der Waals surface area contributed by atoms with Crippen LogP contribution in [-0.4, -0.2) is 35.5 Å². The van der Waals surface area contributed by atoms with Gasteiger partial charge in [-0.15, -0.1) is 0 Å². The first-order chi connectivity index (χ1) is 14.2. The molecule has 1 spiro atoms. The zero-order chi connectivity index (χ0) is 19.7. The molecular weight excluding hydrogens is 364 g/mol. The lowest BCUT2D eigenvalue weighted by Crippen LogP contribution is -2.50. The molecular formula is C24H30N2O3. The van der Waals surface area contributed by atoms with E-state index in [1.54, 1.807) is 6.26 Å². The maximum Gasteiger partial charge on any atom is 0.220 e. The Morgan fingerprint density at radius 2 is 2.00 bits per heavy atom. The number of para-hydroxylation sites is 1. The second kappa shape index (κ2) is 7.86. The monoisotopic (exact) mass is 394 g/mol. The zero-order valence-electron chi connectivity index (χ0n) is 16.9. The maximum atomic E-state index is 12.7. The van der Waals surface area contributed by atoms with Gasteiger partial charge in [0.15, 0.2) is 0 Å². The van der Waals surface area contributed by atoms with Crippen LogP contribution < -0.4 is 10.1 Å². The summed E-state index contributed by atoms with van der Waals surface area (Å²) < 4.78 is 11.8. The van der Waals surface area contributed by atoms with Crippen LogP contribution >= 0.6 is 0 Å². The first-order valence-corrected chi connectivity index (χ1v) is 11.0. The third-order valence-corrected chi connectivity index (χ3v) is 6.96.